The highest BCUT2D eigenvalue weighted by Gasteiger charge is 2.19. The summed E-state index contributed by atoms with van der Waals surface area (Å²) in [4.78, 5) is 13.6. The second kappa shape index (κ2) is 6.83. The van der Waals surface area contributed by atoms with Crippen molar-refractivity contribution in [1.29, 1.82) is 0 Å². The Morgan fingerprint density at radius 3 is 2.27 bits per heavy atom. The van der Waals surface area contributed by atoms with Crippen LogP contribution in [0, 0.1) is 5.41 Å². The Bertz CT molecular complexity index is 185. The molecule has 0 bridgehead atoms. The van der Waals surface area contributed by atoms with E-state index in [4.69, 9.17) is 4.74 Å². The summed E-state index contributed by atoms with van der Waals surface area (Å²) in [5.41, 5.74) is 0.0509. The molecule has 0 aliphatic rings. The minimum Gasteiger partial charge on any atom is -0.361 e. The van der Waals surface area contributed by atoms with Crippen LogP contribution in [-0.4, -0.2) is 30.7 Å². The summed E-state index contributed by atoms with van der Waals surface area (Å²) in [5, 5.41) is 0. The van der Waals surface area contributed by atoms with Crippen LogP contribution in [0.25, 0.3) is 0 Å². The maximum Gasteiger partial charge on any atom is 0.224 e. The molecular weight excluding hydrogens is 190 g/mol. The van der Waals surface area contributed by atoms with Gasteiger partial charge < -0.3 is 9.64 Å². The maximum atomic E-state index is 11.8. The van der Waals surface area contributed by atoms with Gasteiger partial charge in [-0.2, -0.15) is 0 Å². The van der Waals surface area contributed by atoms with Crippen LogP contribution in [0.5, 0.6) is 0 Å². The van der Waals surface area contributed by atoms with Crippen molar-refractivity contribution in [3.8, 4) is 0 Å². The average molecular weight is 215 g/mol. The van der Waals surface area contributed by atoms with E-state index in [-0.39, 0.29) is 11.3 Å². The lowest BCUT2D eigenvalue weighted by atomic mass is 9.92. The van der Waals surface area contributed by atoms with E-state index in [0.29, 0.717) is 13.2 Å². The van der Waals surface area contributed by atoms with Crippen LogP contribution in [0.2, 0.25) is 0 Å². The molecule has 15 heavy (non-hydrogen) atoms. The molecule has 0 atom stereocenters. The lowest BCUT2D eigenvalue weighted by Gasteiger charge is -2.25. The third kappa shape index (κ3) is 7.37. The standard InChI is InChI=1S/C12H25NO2/c1-6-8-15-10-13(7-2)11(14)9-12(3,4)5/h6-10H2,1-5H3. The van der Waals surface area contributed by atoms with Gasteiger partial charge in [-0.1, -0.05) is 27.7 Å². The third-order valence-corrected chi connectivity index (χ3v) is 2.01. The minimum absolute atomic E-state index is 0.0509. The topological polar surface area (TPSA) is 29.5 Å². The summed E-state index contributed by atoms with van der Waals surface area (Å²) in [6.07, 6.45) is 1.57. The summed E-state index contributed by atoms with van der Waals surface area (Å²) in [6, 6.07) is 0. The SMILES string of the molecule is CCCOCN(CC)C(=O)CC(C)(C)C. The van der Waals surface area contributed by atoms with Crippen LogP contribution < -0.4 is 0 Å². The third-order valence-electron chi connectivity index (χ3n) is 2.01. The smallest absolute Gasteiger partial charge is 0.224 e. The first-order valence-corrected chi connectivity index (χ1v) is 5.76. The van der Waals surface area contributed by atoms with Gasteiger partial charge >= 0.3 is 0 Å². The molecule has 90 valence electrons. The molecule has 3 nitrogen and oxygen atoms in total. The average Bonchev–Trinajstić information content (AvgIpc) is 2.09. The predicted molar refractivity (Wildman–Crippen MR) is 62.6 cm³/mol. The number of carbonyl (C=O) groups excluding carboxylic acids is 1. The van der Waals surface area contributed by atoms with Crippen LogP contribution in [0.15, 0.2) is 0 Å². The molecule has 0 aromatic heterocycles. The van der Waals surface area contributed by atoms with Crippen molar-refractivity contribution in [2.24, 2.45) is 5.41 Å². The molecule has 0 unspecified atom stereocenters. The Morgan fingerprint density at radius 1 is 1.27 bits per heavy atom. The number of ether oxygens (including phenoxy) is 1. The van der Waals surface area contributed by atoms with E-state index >= 15 is 0 Å². The van der Waals surface area contributed by atoms with Crippen molar-refractivity contribution in [3.05, 3.63) is 0 Å². The Kier molecular flexibility index (Phi) is 6.57. The van der Waals surface area contributed by atoms with Crippen molar-refractivity contribution in [2.75, 3.05) is 19.9 Å². The fourth-order valence-electron chi connectivity index (χ4n) is 1.22. The van der Waals surface area contributed by atoms with Gasteiger partial charge in [-0.3, -0.25) is 4.79 Å². The van der Waals surface area contributed by atoms with Crippen LogP contribution in [0.1, 0.15) is 47.5 Å². The van der Waals surface area contributed by atoms with Gasteiger partial charge in [0.1, 0.15) is 6.73 Å². The Morgan fingerprint density at radius 2 is 1.87 bits per heavy atom. The summed E-state index contributed by atoms with van der Waals surface area (Å²) in [5.74, 6) is 0.182. The highest BCUT2D eigenvalue weighted by molar-refractivity contribution is 5.76. The van der Waals surface area contributed by atoms with Crippen LogP contribution in [0.3, 0.4) is 0 Å². The quantitative estimate of drug-likeness (QED) is 0.503. The van der Waals surface area contributed by atoms with Gasteiger partial charge in [0.2, 0.25) is 5.91 Å². The van der Waals surface area contributed by atoms with E-state index in [0.717, 1.165) is 19.6 Å². The van der Waals surface area contributed by atoms with Gasteiger partial charge in [0.15, 0.2) is 0 Å². The summed E-state index contributed by atoms with van der Waals surface area (Å²) in [6.45, 7) is 12.1. The Labute approximate surface area is 93.8 Å². The molecule has 3 heteroatoms. The van der Waals surface area contributed by atoms with Gasteiger partial charge in [-0.05, 0) is 18.8 Å². The molecule has 0 spiro atoms. The minimum atomic E-state index is 0.0509. The van der Waals surface area contributed by atoms with E-state index in [1.165, 1.54) is 0 Å². The van der Waals surface area contributed by atoms with Gasteiger partial charge in [-0.15, -0.1) is 0 Å². The zero-order chi connectivity index (χ0) is 11.9. The van der Waals surface area contributed by atoms with Gasteiger partial charge in [-0.25, -0.2) is 0 Å². The van der Waals surface area contributed by atoms with Gasteiger partial charge in [0.05, 0.1) is 0 Å². The van der Waals surface area contributed by atoms with E-state index in [1.807, 2.05) is 6.92 Å². The number of hydrogen-bond acceptors (Lipinski definition) is 2. The Hall–Kier alpha value is -0.570. The molecule has 0 aromatic rings. The lowest BCUT2D eigenvalue weighted by molar-refractivity contribution is -0.138. The molecule has 0 radical (unpaired) electrons. The normalized spacial score (nSPS) is 11.5. The van der Waals surface area contributed by atoms with Crippen molar-refractivity contribution < 1.29 is 9.53 Å². The summed E-state index contributed by atoms with van der Waals surface area (Å²) < 4.78 is 5.38. The van der Waals surface area contributed by atoms with E-state index in [2.05, 4.69) is 27.7 Å². The molecule has 1 amide bonds. The zero-order valence-corrected chi connectivity index (χ0v) is 10.8. The second-order valence-electron chi connectivity index (χ2n) is 5.02. The highest BCUT2D eigenvalue weighted by Crippen LogP contribution is 2.19. The van der Waals surface area contributed by atoms with Gasteiger partial charge in [0.25, 0.3) is 0 Å². The second-order valence-corrected chi connectivity index (χ2v) is 5.02. The molecule has 0 aliphatic heterocycles. The van der Waals surface area contributed by atoms with Crippen LogP contribution >= 0.6 is 0 Å². The predicted octanol–water partition coefficient (Wildman–Crippen LogP) is 2.66. The number of rotatable bonds is 6. The zero-order valence-electron chi connectivity index (χ0n) is 10.8. The number of nitrogens with zero attached hydrogens (tertiary/aromatic N) is 1. The van der Waals surface area contributed by atoms with Crippen molar-refractivity contribution in [3.63, 3.8) is 0 Å². The highest BCUT2D eigenvalue weighted by atomic mass is 16.5. The molecular formula is C12H25NO2. The fraction of sp³-hybridized carbons (Fsp3) is 0.917. The molecule has 0 aliphatic carbocycles. The van der Waals surface area contributed by atoms with Crippen molar-refractivity contribution >= 4 is 5.91 Å². The van der Waals surface area contributed by atoms with E-state index in [9.17, 15) is 4.79 Å². The molecule has 0 rings (SSSR count). The van der Waals surface area contributed by atoms with Crippen LogP contribution in [-0.2, 0) is 9.53 Å². The van der Waals surface area contributed by atoms with E-state index in [1.54, 1.807) is 4.90 Å². The molecule has 0 saturated carbocycles. The summed E-state index contributed by atoms with van der Waals surface area (Å²) in [7, 11) is 0. The number of carbonyl (C=O) groups is 1. The van der Waals surface area contributed by atoms with Gasteiger partial charge in [0, 0.05) is 19.6 Å². The lowest BCUT2D eigenvalue weighted by Crippen LogP contribution is -2.35. The summed E-state index contributed by atoms with van der Waals surface area (Å²) >= 11 is 0. The monoisotopic (exact) mass is 215 g/mol. The number of amides is 1. The molecule has 0 aromatic carbocycles. The molecule has 0 N–H and O–H groups in total. The van der Waals surface area contributed by atoms with E-state index < -0.39 is 0 Å². The molecule has 0 fully saturated rings. The molecule has 0 saturated heterocycles. The molecule has 0 heterocycles. The van der Waals surface area contributed by atoms with Crippen molar-refractivity contribution in [1.82, 2.24) is 4.90 Å². The fourth-order valence-corrected chi connectivity index (χ4v) is 1.22. The largest absolute Gasteiger partial charge is 0.361 e. The first-order chi connectivity index (χ1) is 6.90. The van der Waals surface area contributed by atoms with Crippen LogP contribution in [0.4, 0.5) is 0 Å². The maximum absolute atomic E-state index is 11.8. The number of hydrogen-bond donors (Lipinski definition) is 0. The van der Waals surface area contributed by atoms with Crippen molar-refractivity contribution in [2.45, 2.75) is 47.5 Å². The first-order valence-electron chi connectivity index (χ1n) is 5.76. The Balaban J connectivity index is 3.99. The first kappa shape index (κ1) is 14.4.